The minimum absolute atomic E-state index is 0.318. The zero-order valence-electron chi connectivity index (χ0n) is 10.8. The van der Waals surface area contributed by atoms with Crippen molar-refractivity contribution in [2.45, 2.75) is 29.9 Å². The Labute approximate surface area is 108 Å². The molecule has 1 aliphatic rings. The molecule has 0 amide bonds. The first-order valence-corrected chi connectivity index (χ1v) is 7.69. The molecule has 0 saturated carbocycles. The maximum atomic E-state index is 12.6. The van der Waals surface area contributed by atoms with Crippen LogP contribution >= 0.6 is 0 Å². The number of aryl methyl sites for hydroxylation is 1. The van der Waals surface area contributed by atoms with Crippen LogP contribution in [0, 0.1) is 6.92 Å². The van der Waals surface area contributed by atoms with E-state index in [0.29, 0.717) is 23.6 Å². The van der Waals surface area contributed by atoms with Gasteiger partial charge in [0.2, 0.25) is 0 Å². The maximum absolute atomic E-state index is 12.6. The van der Waals surface area contributed by atoms with E-state index in [0.717, 1.165) is 18.5 Å². The normalized spacial score (nSPS) is 20.7. The number of nitrogens with one attached hydrogen (secondary N) is 1. The molecule has 100 valence electrons. The third kappa shape index (κ3) is 2.52. The highest BCUT2D eigenvalue weighted by molar-refractivity contribution is 7.92. The molecule has 0 bridgehead atoms. The van der Waals surface area contributed by atoms with E-state index in [1.165, 1.54) is 7.11 Å². The molecular formula is C13H19NO3S. The lowest BCUT2D eigenvalue weighted by atomic mass is 10.2. The summed E-state index contributed by atoms with van der Waals surface area (Å²) in [5.74, 6) is 0.436. The fraction of sp³-hybridized carbons (Fsp3) is 0.538. The molecule has 1 aromatic carbocycles. The third-order valence-electron chi connectivity index (χ3n) is 3.32. The van der Waals surface area contributed by atoms with Crippen LogP contribution in [0.4, 0.5) is 0 Å². The van der Waals surface area contributed by atoms with E-state index in [4.69, 9.17) is 4.74 Å². The van der Waals surface area contributed by atoms with Crippen molar-refractivity contribution >= 4 is 9.84 Å². The Kier molecular flexibility index (Phi) is 3.92. The van der Waals surface area contributed by atoms with Crippen molar-refractivity contribution in [2.24, 2.45) is 0 Å². The Bertz CT molecular complexity index is 519. The van der Waals surface area contributed by atoms with Crippen LogP contribution in [0.3, 0.4) is 0 Å². The number of benzene rings is 1. The largest absolute Gasteiger partial charge is 0.495 e. The molecule has 5 heteroatoms. The summed E-state index contributed by atoms with van der Waals surface area (Å²) in [6.45, 7) is 3.31. The summed E-state index contributed by atoms with van der Waals surface area (Å²) in [6.07, 6.45) is 1.62. The topological polar surface area (TPSA) is 55.4 Å². The van der Waals surface area contributed by atoms with Crippen molar-refractivity contribution in [3.63, 3.8) is 0 Å². The van der Waals surface area contributed by atoms with E-state index >= 15 is 0 Å². The third-order valence-corrected chi connectivity index (χ3v) is 5.53. The summed E-state index contributed by atoms with van der Waals surface area (Å²) in [6, 6.07) is 5.28. The monoisotopic (exact) mass is 269 g/mol. The summed E-state index contributed by atoms with van der Waals surface area (Å²) in [5.41, 5.74) is 0.929. The average molecular weight is 269 g/mol. The van der Waals surface area contributed by atoms with Crippen LogP contribution in [0.15, 0.2) is 23.1 Å². The van der Waals surface area contributed by atoms with Gasteiger partial charge in [0.05, 0.1) is 12.4 Å². The smallest absolute Gasteiger partial charge is 0.186 e. The predicted octanol–water partition coefficient (Wildman–Crippen LogP) is 1.53. The van der Waals surface area contributed by atoms with Crippen LogP contribution in [-0.2, 0) is 9.84 Å². The van der Waals surface area contributed by atoms with Crippen molar-refractivity contribution < 1.29 is 13.2 Å². The summed E-state index contributed by atoms with van der Waals surface area (Å²) >= 11 is 0. The molecule has 1 N–H and O–H groups in total. The van der Waals surface area contributed by atoms with Gasteiger partial charge in [0.25, 0.3) is 0 Å². The molecular weight excluding hydrogens is 250 g/mol. The molecule has 1 unspecified atom stereocenters. The summed E-state index contributed by atoms with van der Waals surface area (Å²) in [5, 5.41) is 2.80. The minimum Gasteiger partial charge on any atom is -0.495 e. The van der Waals surface area contributed by atoms with E-state index in [1.807, 2.05) is 13.0 Å². The van der Waals surface area contributed by atoms with E-state index in [9.17, 15) is 8.42 Å². The quantitative estimate of drug-likeness (QED) is 0.904. The van der Waals surface area contributed by atoms with Gasteiger partial charge in [-0.25, -0.2) is 8.42 Å². The van der Waals surface area contributed by atoms with Gasteiger partial charge in [-0.05, 0) is 44.0 Å². The number of ether oxygens (including phenoxy) is 1. The van der Waals surface area contributed by atoms with E-state index in [-0.39, 0.29) is 5.25 Å². The molecule has 1 heterocycles. The summed E-state index contributed by atoms with van der Waals surface area (Å²) in [4.78, 5) is 0.318. The van der Waals surface area contributed by atoms with Crippen molar-refractivity contribution in [3.05, 3.63) is 23.8 Å². The van der Waals surface area contributed by atoms with E-state index in [2.05, 4.69) is 5.32 Å². The molecule has 1 aliphatic heterocycles. The average Bonchev–Trinajstić information content (AvgIpc) is 2.39. The SMILES string of the molecule is COc1ccc(C)cc1S(=O)(=O)C1CCCNC1. The zero-order valence-corrected chi connectivity index (χ0v) is 11.6. The second kappa shape index (κ2) is 5.28. The highest BCUT2D eigenvalue weighted by atomic mass is 32.2. The second-order valence-corrected chi connectivity index (χ2v) is 6.86. The molecule has 0 radical (unpaired) electrons. The second-order valence-electron chi connectivity index (χ2n) is 4.67. The van der Waals surface area contributed by atoms with E-state index < -0.39 is 9.84 Å². The molecule has 0 aliphatic carbocycles. The summed E-state index contributed by atoms with van der Waals surface area (Å²) < 4.78 is 30.4. The lowest BCUT2D eigenvalue weighted by Gasteiger charge is -2.23. The molecule has 0 aromatic heterocycles. The maximum Gasteiger partial charge on any atom is 0.186 e. The molecule has 1 fully saturated rings. The molecule has 1 saturated heterocycles. The van der Waals surface area contributed by atoms with Crippen molar-refractivity contribution in [3.8, 4) is 5.75 Å². The van der Waals surface area contributed by atoms with Crippen LogP contribution in [0.25, 0.3) is 0 Å². The first-order valence-electron chi connectivity index (χ1n) is 6.15. The van der Waals surface area contributed by atoms with Gasteiger partial charge in [0.1, 0.15) is 10.6 Å². The van der Waals surface area contributed by atoms with Gasteiger partial charge < -0.3 is 10.1 Å². The Balaban J connectivity index is 2.42. The fourth-order valence-electron chi connectivity index (χ4n) is 2.27. The van der Waals surface area contributed by atoms with E-state index in [1.54, 1.807) is 12.1 Å². The fourth-order valence-corrected chi connectivity index (χ4v) is 4.23. The van der Waals surface area contributed by atoms with Crippen LogP contribution in [0.1, 0.15) is 18.4 Å². The first-order chi connectivity index (χ1) is 8.55. The van der Waals surface area contributed by atoms with Gasteiger partial charge in [-0.1, -0.05) is 6.07 Å². The van der Waals surface area contributed by atoms with Crippen LogP contribution in [0.2, 0.25) is 0 Å². The van der Waals surface area contributed by atoms with Crippen molar-refractivity contribution in [2.75, 3.05) is 20.2 Å². The number of sulfone groups is 1. The standard InChI is InChI=1S/C13H19NO3S/c1-10-5-6-12(17-2)13(8-10)18(15,16)11-4-3-7-14-9-11/h5-6,8,11,14H,3-4,7,9H2,1-2H3. The van der Waals surface area contributed by atoms with Gasteiger partial charge in [0.15, 0.2) is 9.84 Å². The van der Waals surface area contributed by atoms with Gasteiger partial charge in [-0.15, -0.1) is 0 Å². The first kappa shape index (κ1) is 13.4. The molecule has 2 rings (SSSR count). The highest BCUT2D eigenvalue weighted by Gasteiger charge is 2.31. The van der Waals surface area contributed by atoms with Crippen LogP contribution in [-0.4, -0.2) is 33.9 Å². The Morgan fingerprint density at radius 1 is 1.39 bits per heavy atom. The van der Waals surface area contributed by atoms with Crippen molar-refractivity contribution in [1.82, 2.24) is 5.32 Å². The Morgan fingerprint density at radius 2 is 2.17 bits per heavy atom. The van der Waals surface area contributed by atoms with Gasteiger partial charge in [0, 0.05) is 6.54 Å². The van der Waals surface area contributed by atoms with Gasteiger partial charge >= 0.3 is 0 Å². The number of hydrogen-bond acceptors (Lipinski definition) is 4. The number of hydrogen-bond donors (Lipinski definition) is 1. The van der Waals surface area contributed by atoms with Gasteiger partial charge in [-0.2, -0.15) is 0 Å². The van der Waals surface area contributed by atoms with Gasteiger partial charge in [-0.3, -0.25) is 0 Å². The molecule has 1 aromatic rings. The zero-order chi connectivity index (χ0) is 13.2. The Hall–Kier alpha value is -1.07. The number of rotatable bonds is 3. The molecule has 0 spiro atoms. The lowest BCUT2D eigenvalue weighted by molar-refractivity contribution is 0.401. The molecule has 18 heavy (non-hydrogen) atoms. The summed E-state index contributed by atoms with van der Waals surface area (Å²) in [7, 11) is -1.81. The highest BCUT2D eigenvalue weighted by Crippen LogP contribution is 2.29. The van der Waals surface area contributed by atoms with Crippen molar-refractivity contribution in [1.29, 1.82) is 0 Å². The number of piperidine rings is 1. The molecule has 1 atom stereocenters. The lowest BCUT2D eigenvalue weighted by Crippen LogP contribution is -2.38. The predicted molar refractivity (Wildman–Crippen MR) is 70.8 cm³/mol. The Morgan fingerprint density at radius 3 is 2.78 bits per heavy atom. The van der Waals surface area contributed by atoms with Crippen LogP contribution < -0.4 is 10.1 Å². The minimum atomic E-state index is -3.31. The molecule has 4 nitrogen and oxygen atoms in total. The number of methoxy groups -OCH3 is 1. The van der Waals surface area contributed by atoms with Crippen LogP contribution in [0.5, 0.6) is 5.75 Å².